The molecule has 1 unspecified atom stereocenters. The van der Waals surface area contributed by atoms with Crippen molar-refractivity contribution >= 4 is 28.2 Å². The number of fused-ring (bicyclic) bond motifs is 4. The first-order valence-electron chi connectivity index (χ1n) is 10.5. The van der Waals surface area contributed by atoms with Crippen LogP contribution in [0.25, 0.3) is 21.9 Å². The number of carbonyl (C=O) groups is 1. The number of amides is 2. The first-order valence-corrected chi connectivity index (χ1v) is 10.5. The summed E-state index contributed by atoms with van der Waals surface area (Å²) >= 11 is 0. The number of nitrogens with zero attached hydrogens (tertiary/aromatic N) is 1. The fourth-order valence-corrected chi connectivity index (χ4v) is 4.46. The molecule has 0 saturated heterocycles. The summed E-state index contributed by atoms with van der Waals surface area (Å²) in [4.78, 5) is 23.4. The molecule has 0 heterocycles. The van der Waals surface area contributed by atoms with Gasteiger partial charge in [0.2, 0.25) is 0 Å². The predicted molar refractivity (Wildman–Crippen MR) is 126 cm³/mol. The van der Waals surface area contributed by atoms with Crippen molar-refractivity contribution in [2.75, 3.05) is 5.32 Å². The molecule has 2 amide bonds. The van der Waals surface area contributed by atoms with E-state index in [1.54, 1.807) is 12.1 Å². The van der Waals surface area contributed by atoms with Crippen LogP contribution in [0.4, 0.5) is 16.2 Å². The minimum atomic E-state index is -0.377. The monoisotopic (exact) mass is 423 g/mol. The topological polar surface area (TPSA) is 84.3 Å². The van der Waals surface area contributed by atoms with Crippen LogP contribution in [0.1, 0.15) is 29.7 Å². The Bertz CT molecular complexity index is 1370. The van der Waals surface area contributed by atoms with Crippen LogP contribution in [0, 0.1) is 10.1 Å². The standard InChI is InChI=1S/C26H21N3O3/c1-16(22-8-4-6-17-5-2-3-7-23(17)22)27-26(30)28-20-9-11-24-18(14-20)13-19-15-21(29(31)32)10-12-25(19)24/h2-12,14-16H,13H2,1H3,(H2,27,28,30). The summed E-state index contributed by atoms with van der Waals surface area (Å²) in [6, 6.07) is 24.4. The lowest BCUT2D eigenvalue weighted by molar-refractivity contribution is -0.384. The van der Waals surface area contributed by atoms with Gasteiger partial charge in [0, 0.05) is 17.8 Å². The Morgan fingerprint density at radius 2 is 1.66 bits per heavy atom. The molecule has 0 radical (unpaired) electrons. The van der Waals surface area contributed by atoms with Gasteiger partial charge in [0.1, 0.15) is 0 Å². The van der Waals surface area contributed by atoms with Crippen molar-refractivity contribution < 1.29 is 9.72 Å². The number of anilines is 1. The number of carbonyl (C=O) groups excluding carboxylic acids is 1. The van der Waals surface area contributed by atoms with Crippen LogP contribution < -0.4 is 10.6 Å². The van der Waals surface area contributed by atoms with Gasteiger partial charge in [0.15, 0.2) is 0 Å². The van der Waals surface area contributed by atoms with Crippen molar-refractivity contribution in [1.82, 2.24) is 5.32 Å². The summed E-state index contributed by atoms with van der Waals surface area (Å²) in [5, 5.41) is 19.3. The Kier molecular flexibility index (Phi) is 4.82. The molecule has 5 rings (SSSR count). The third-order valence-electron chi connectivity index (χ3n) is 5.97. The molecule has 6 nitrogen and oxygen atoms in total. The van der Waals surface area contributed by atoms with Gasteiger partial charge < -0.3 is 10.6 Å². The molecule has 1 aliphatic rings. The van der Waals surface area contributed by atoms with E-state index in [2.05, 4.69) is 28.8 Å². The van der Waals surface area contributed by atoms with Gasteiger partial charge in [-0.1, -0.05) is 48.5 Å². The molecule has 4 aromatic carbocycles. The van der Waals surface area contributed by atoms with Crippen molar-refractivity contribution in [2.24, 2.45) is 0 Å². The van der Waals surface area contributed by atoms with Gasteiger partial charge in [-0.25, -0.2) is 4.79 Å². The molecular weight excluding hydrogens is 402 g/mol. The predicted octanol–water partition coefficient (Wildman–Crippen LogP) is 6.20. The van der Waals surface area contributed by atoms with E-state index in [4.69, 9.17) is 0 Å². The molecule has 6 heteroatoms. The van der Waals surface area contributed by atoms with Crippen LogP contribution in [-0.4, -0.2) is 11.0 Å². The van der Waals surface area contributed by atoms with Crippen molar-refractivity contribution in [3.63, 3.8) is 0 Å². The number of nitro benzene ring substituents is 1. The van der Waals surface area contributed by atoms with Gasteiger partial charge in [0.05, 0.1) is 11.0 Å². The number of benzene rings is 4. The minimum absolute atomic E-state index is 0.0942. The molecule has 0 saturated carbocycles. The number of nitrogens with one attached hydrogen (secondary N) is 2. The number of urea groups is 1. The highest BCUT2D eigenvalue weighted by Gasteiger charge is 2.22. The molecule has 0 fully saturated rings. The number of rotatable bonds is 4. The zero-order valence-corrected chi connectivity index (χ0v) is 17.5. The highest BCUT2D eigenvalue weighted by atomic mass is 16.6. The second-order valence-corrected chi connectivity index (χ2v) is 8.04. The van der Waals surface area contributed by atoms with E-state index in [-0.39, 0.29) is 22.7 Å². The second-order valence-electron chi connectivity index (χ2n) is 8.04. The van der Waals surface area contributed by atoms with Gasteiger partial charge in [0.25, 0.3) is 5.69 Å². The van der Waals surface area contributed by atoms with Gasteiger partial charge >= 0.3 is 6.03 Å². The highest BCUT2D eigenvalue weighted by molar-refractivity contribution is 5.92. The third-order valence-corrected chi connectivity index (χ3v) is 5.97. The molecule has 0 aliphatic heterocycles. The van der Waals surface area contributed by atoms with E-state index < -0.39 is 0 Å². The summed E-state index contributed by atoms with van der Waals surface area (Å²) in [6.45, 7) is 1.97. The molecule has 1 aliphatic carbocycles. The van der Waals surface area contributed by atoms with Crippen molar-refractivity contribution in [1.29, 1.82) is 0 Å². The van der Waals surface area contributed by atoms with Crippen LogP contribution >= 0.6 is 0 Å². The maximum atomic E-state index is 12.7. The quantitative estimate of drug-likeness (QED) is 0.266. The molecular formula is C26H21N3O3. The second kappa shape index (κ2) is 7.81. The van der Waals surface area contributed by atoms with Crippen LogP contribution in [-0.2, 0) is 6.42 Å². The van der Waals surface area contributed by atoms with E-state index >= 15 is 0 Å². The van der Waals surface area contributed by atoms with Crippen molar-refractivity contribution in [2.45, 2.75) is 19.4 Å². The maximum Gasteiger partial charge on any atom is 0.319 e. The van der Waals surface area contributed by atoms with E-state index in [1.165, 1.54) is 6.07 Å². The van der Waals surface area contributed by atoms with Gasteiger partial charge in [-0.05, 0) is 70.1 Å². The molecule has 1 atom stereocenters. The van der Waals surface area contributed by atoms with Crippen molar-refractivity contribution in [3.8, 4) is 11.1 Å². The number of non-ortho nitro benzene ring substituents is 1. The molecule has 32 heavy (non-hydrogen) atoms. The number of nitro groups is 1. The van der Waals surface area contributed by atoms with E-state index in [0.29, 0.717) is 12.1 Å². The van der Waals surface area contributed by atoms with E-state index in [1.807, 2.05) is 49.4 Å². The normalized spacial score (nSPS) is 12.7. The smallest absolute Gasteiger partial charge is 0.319 e. The lowest BCUT2D eigenvalue weighted by Gasteiger charge is -2.17. The Hall–Kier alpha value is -4.19. The largest absolute Gasteiger partial charge is 0.331 e. The van der Waals surface area contributed by atoms with Crippen LogP contribution in [0.15, 0.2) is 78.9 Å². The molecule has 2 N–H and O–H groups in total. The highest BCUT2D eigenvalue weighted by Crippen LogP contribution is 2.39. The van der Waals surface area contributed by atoms with Crippen LogP contribution in [0.3, 0.4) is 0 Å². The summed E-state index contributed by atoms with van der Waals surface area (Å²) in [6.07, 6.45) is 0.607. The van der Waals surface area contributed by atoms with Gasteiger partial charge in [-0.2, -0.15) is 0 Å². The summed E-state index contributed by atoms with van der Waals surface area (Å²) in [5.74, 6) is 0. The first-order chi connectivity index (χ1) is 15.5. The first kappa shape index (κ1) is 19.8. The summed E-state index contributed by atoms with van der Waals surface area (Å²) in [5.41, 5.74) is 5.87. The molecule has 0 spiro atoms. The minimum Gasteiger partial charge on any atom is -0.331 e. The van der Waals surface area contributed by atoms with Gasteiger partial charge in [-0.15, -0.1) is 0 Å². The van der Waals surface area contributed by atoms with E-state index in [9.17, 15) is 14.9 Å². The zero-order valence-electron chi connectivity index (χ0n) is 17.5. The maximum absolute atomic E-state index is 12.7. The van der Waals surface area contributed by atoms with Crippen molar-refractivity contribution in [3.05, 3.63) is 106 Å². The Balaban J connectivity index is 1.31. The molecule has 4 aromatic rings. The SMILES string of the molecule is CC(NC(=O)Nc1ccc2c(c1)Cc1cc([N+](=O)[O-])ccc1-2)c1cccc2ccccc12. The fourth-order valence-electron chi connectivity index (χ4n) is 4.46. The average molecular weight is 423 g/mol. The molecule has 0 aromatic heterocycles. The van der Waals surface area contributed by atoms with E-state index in [0.717, 1.165) is 38.6 Å². The fraction of sp³-hybridized carbons (Fsp3) is 0.115. The number of hydrogen-bond acceptors (Lipinski definition) is 3. The molecule has 0 bridgehead atoms. The summed E-state index contributed by atoms with van der Waals surface area (Å²) in [7, 11) is 0. The molecule has 158 valence electrons. The lowest BCUT2D eigenvalue weighted by Crippen LogP contribution is -2.31. The zero-order chi connectivity index (χ0) is 22.2. The Labute approximate surface area is 185 Å². The summed E-state index contributed by atoms with van der Waals surface area (Å²) < 4.78 is 0. The average Bonchev–Trinajstić information content (AvgIpc) is 3.15. The third kappa shape index (κ3) is 3.56. The lowest BCUT2D eigenvalue weighted by atomic mass is 10.00. The van der Waals surface area contributed by atoms with Gasteiger partial charge in [-0.3, -0.25) is 10.1 Å². The Morgan fingerprint density at radius 3 is 2.47 bits per heavy atom. The van der Waals surface area contributed by atoms with Crippen LogP contribution in [0.2, 0.25) is 0 Å². The number of hydrogen-bond donors (Lipinski definition) is 2. The van der Waals surface area contributed by atoms with Crippen LogP contribution in [0.5, 0.6) is 0 Å². The Morgan fingerprint density at radius 1 is 0.938 bits per heavy atom.